The van der Waals surface area contributed by atoms with Crippen molar-refractivity contribution in [2.24, 2.45) is 17.8 Å². The molecule has 2 aliphatic rings. The Morgan fingerprint density at radius 1 is 0.767 bits per heavy atom. The minimum atomic E-state index is 0.738. The average molecular weight is 409 g/mol. The van der Waals surface area contributed by atoms with Crippen LogP contribution in [-0.4, -0.2) is 6.61 Å². The maximum absolute atomic E-state index is 5.77. The van der Waals surface area contributed by atoms with Crippen LogP contribution < -0.4 is 0 Å². The van der Waals surface area contributed by atoms with Crippen molar-refractivity contribution >= 4 is 0 Å². The van der Waals surface area contributed by atoms with Gasteiger partial charge in [0, 0.05) is 0 Å². The van der Waals surface area contributed by atoms with E-state index in [-0.39, 0.29) is 0 Å². The number of allylic oxidation sites excluding steroid dienone is 3. The van der Waals surface area contributed by atoms with Crippen molar-refractivity contribution in [3.63, 3.8) is 0 Å². The molecule has 1 heteroatoms. The second-order valence-corrected chi connectivity index (χ2v) is 9.69. The van der Waals surface area contributed by atoms with E-state index < -0.39 is 0 Å². The van der Waals surface area contributed by atoms with Crippen molar-refractivity contribution in [1.29, 1.82) is 0 Å². The molecule has 0 heterocycles. The van der Waals surface area contributed by atoms with Crippen LogP contribution in [0.1, 0.15) is 102 Å². The van der Waals surface area contributed by atoms with E-state index in [1.807, 2.05) is 0 Å². The molecular formula is C29H44O. The molecule has 1 aromatic carbocycles. The highest BCUT2D eigenvalue weighted by Gasteiger charge is 2.31. The Morgan fingerprint density at radius 2 is 1.37 bits per heavy atom. The molecule has 2 saturated carbocycles. The molecule has 0 spiro atoms. The number of hydrogen-bond acceptors (Lipinski definition) is 1. The first-order valence-corrected chi connectivity index (χ1v) is 12.7. The van der Waals surface area contributed by atoms with Gasteiger partial charge in [-0.1, -0.05) is 61.4 Å². The fourth-order valence-corrected chi connectivity index (χ4v) is 5.76. The molecule has 0 N–H and O–H groups in total. The van der Waals surface area contributed by atoms with Crippen molar-refractivity contribution in [2.75, 3.05) is 6.61 Å². The fourth-order valence-electron chi connectivity index (χ4n) is 5.76. The average Bonchev–Trinajstić information content (AvgIpc) is 2.80. The molecule has 0 aliphatic heterocycles. The van der Waals surface area contributed by atoms with E-state index >= 15 is 0 Å². The standard InChI is InChI=1S/C29H44O/c1-3-5-7-9-24-10-14-26(15-11-24)28-18-20-29(21-19-28)27-16-12-25(13-17-27)23-30-22-8-6-4-2/h3-6,12-13,16-17,24,26,28-29H,7-11,14-15,18-23H2,1-2H3. The summed E-state index contributed by atoms with van der Waals surface area (Å²) < 4.78 is 5.77. The lowest BCUT2D eigenvalue weighted by Crippen LogP contribution is -2.25. The van der Waals surface area contributed by atoms with Crippen molar-refractivity contribution in [1.82, 2.24) is 0 Å². The van der Waals surface area contributed by atoms with Crippen molar-refractivity contribution in [2.45, 2.75) is 97.0 Å². The highest BCUT2D eigenvalue weighted by molar-refractivity contribution is 5.25. The molecule has 2 fully saturated rings. The van der Waals surface area contributed by atoms with Crippen LogP contribution in [0.15, 0.2) is 48.6 Å². The van der Waals surface area contributed by atoms with E-state index in [0.29, 0.717) is 0 Å². The first kappa shape index (κ1) is 23.3. The minimum Gasteiger partial charge on any atom is -0.376 e. The molecule has 0 saturated heterocycles. The van der Waals surface area contributed by atoms with Crippen molar-refractivity contribution in [3.05, 3.63) is 59.7 Å². The Hall–Kier alpha value is -1.34. The molecule has 1 aromatic rings. The van der Waals surface area contributed by atoms with E-state index in [1.165, 1.54) is 69.8 Å². The Morgan fingerprint density at radius 3 is 2.00 bits per heavy atom. The lowest BCUT2D eigenvalue weighted by atomic mass is 9.68. The highest BCUT2D eigenvalue weighted by Crippen LogP contribution is 2.44. The van der Waals surface area contributed by atoms with Crippen LogP contribution in [-0.2, 0) is 11.3 Å². The highest BCUT2D eigenvalue weighted by atomic mass is 16.5. The number of rotatable bonds is 10. The summed E-state index contributed by atoms with van der Waals surface area (Å²) in [7, 11) is 0. The Bertz CT molecular complexity index is 625. The normalized spacial score (nSPS) is 27.8. The smallest absolute Gasteiger partial charge is 0.0717 e. The van der Waals surface area contributed by atoms with Gasteiger partial charge in [0.05, 0.1) is 13.2 Å². The van der Waals surface area contributed by atoms with Crippen LogP contribution in [0.2, 0.25) is 0 Å². The second kappa shape index (κ2) is 13.2. The van der Waals surface area contributed by atoms with Gasteiger partial charge in [-0.25, -0.2) is 0 Å². The zero-order valence-corrected chi connectivity index (χ0v) is 19.5. The zero-order valence-electron chi connectivity index (χ0n) is 19.5. The largest absolute Gasteiger partial charge is 0.376 e. The maximum Gasteiger partial charge on any atom is 0.0717 e. The molecule has 0 amide bonds. The van der Waals surface area contributed by atoms with Gasteiger partial charge in [0.1, 0.15) is 0 Å². The summed E-state index contributed by atoms with van der Waals surface area (Å²) in [5.41, 5.74) is 2.86. The molecule has 3 rings (SSSR count). The fraction of sp³-hybridized carbons (Fsp3) is 0.655. The second-order valence-electron chi connectivity index (χ2n) is 9.69. The van der Waals surface area contributed by atoms with E-state index in [4.69, 9.17) is 4.74 Å². The molecular weight excluding hydrogens is 364 g/mol. The summed E-state index contributed by atoms with van der Waals surface area (Å²) in [4.78, 5) is 0. The number of benzene rings is 1. The van der Waals surface area contributed by atoms with Gasteiger partial charge in [0.2, 0.25) is 0 Å². The van der Waals surface area contributed by atoms with Crippen LogP contribution in [0.4, 0.5) is 0 Å². The lowest BCUT2D eigenvalue weighted by molar-refractivity contribution is 0.125. The van der Waals surface area contributed by atoms with E-state index in [2.05, 4.69) is 62.4 Å². The van der Waals surface area contributed by atoms with E-state index in [0.717, 1.165) is 43.3 Å². The Balaban J connectivity index is 1.36. The zero-order chi connectivity index (χ0) is 21.0. The van der Waals surface area contributed by atoms with Gasteiger partial charge in [-0.15, -0.1) is 0 Å². The Kier molecular flexibility index (Phi) is 10.2. The predicted octanol–water partition coefficient (Wildman–Crippen LogP) is 8.61. The van der Waals surface area contributed by atoms with Gasteiger partial charge in [-0.2, -0.15) is 0 Å². The number of ether oxygens (including phenoxy) is 1. The number of hydrogen-bond donors (Lipinski definition) is 0. The molecule has 0 aromatic heterocycles. The van der Waals surface area contributed by atoms with Crippen LogP contribution in [0.5, 0.6) is 0 Å². The predicted molar refractivity (Wildman–Crippen MR) is 130 cm³/mol. The van der Waals surface area contributed by atoms with Gasteiger partial charge in [-0.05, 0) is 106 Å². The first-order chi connectivity index (χ1) is 14.8. The summed E-state index contributed by atoms with van der Waals surface area (Å²) in [5.74, 6) is 3.80. The third-order valence-electron chi connectivity index (χ3n) is 7.69. The Labute approximate surface area is 186 Å². The van der Waals surface area contributed by atoms with E-state index in [9.17, 15) is 0 Å². The SMILES string of the molecule is CC=CCCOCc1ccc(C2CCC(C3CCC(CCC=CC)CC3)CC2)cc1. The summed E-state index contributed by atoms with van der Waals surface area (Å²) >= 11 is 0. The van der Waals surface area contributed by atoms with Gasteiger partial charge in [0.15, 0.2) is 0 Å². The summed E-state index contributed by atoms with van der Waals surface area (Å²) in [6.45, 7) is 5.75. The topological polar surface area (TPSA) is 9.23 Å². The maximum atomic E-state index is 5.77. The monoisotopic (exact) mass is 408 g/mol. The molecule has 166 valence electrons. The van der Waals surface area contributed by atoms with Gasteiger partial charge < -0.3 is 4.74 Å². The summed E-state index contributed by atoms with van der Waals surface area (Å²) in [5, 5.41) is 0. The molecule has 2 aliphatic carbocycles. The van der Waals surface area contributed by atoms with Gasteiger partial charge in [0.25, 0.3) is 0 Å². The van der Waals surface area contributed by atoms with Crippen molar-refractivity contribution < 1.29 is 4.74 Å². The van der Waals surface area contributed by atoms with Crippen LogP contribution in [0, 0.1) is 17.8 Å². The van der Waals surface area contributed by atoms with Crippen LogP contribution in [0.25, 0.3) is 0 Å². The van der Waals surface area contributed by atoms with Crippen LogP contribution in [0.3, 0.4) is 0 Å². The summed E-state index contributed by atoms with van der Waals surface area (Å²) in [6.07, 6.45) is 24.2. The quantitative estimate of drug-likeness (QED) is 0.278. The van der Waals surface area contributed by atoms with Crippen LogP contribution >= 0.6 is 0 Å². The molecule has 0 atom stereocenters. The molecule has 0 unspecified atom stereocenters. The summed E-state index contributed by atoms with van der Waals surface area (Å²) in [6, 6.07) is 9.30. The molecule has 30 heavy (non-hydrogen) atoms. The van der Waals surface area contributed by atoms with E-state index in [1.54, 1.807) is 5.56 Å². The van der Waals surface area contributed by atoms with Gasteiger partial charge >= 0.3 is 0 Å². The molecule has 0 bridgehead atoms. The third-order valence-corrected chi connectivity index (χ3v) is 7.69. The third kappa shape index (κ3) is 7.41. The van der Waals surface area contributed by atoms with Crippen molar-refractivity contribution in [3.8, 4) is 0 Å². The molecule has 1 nitrogen and oxygen atoms in total. The lowest BCUT2D eigenvalue weighted by Gasteiger charge is -2.38. The minimum absolute atomic E-state index is 0.738. The van der Waals surface area contributed by atoms with Gasteiger partial charge in [-0.3, -0.25) is 0 Å². The first-order valence-electron chi connectivity index (χ1n) is 12.7. The molecule has 0 radical (unpaired) electrons.